The molecule has 0 aromatic heterocycles. The van der Waals surface area contributed by atoms with Crippen molar-refractivity contribution in [2.75, 3.05) is 16.8 Å². The van der Waals surface area contributed by atoms with Crippen LogP contribution in [-0.2, 0) is 0 Å². The number of anilines is 2. The smallest absolute Gasteiger partial charge is 0.0508 e. The highest BCUT2D eigenvalue weighted by atomic mass is 15.1. The van der Waals surface area contributed by atoms with Gasteiger partial charge >= 0.3 is 0 Å². The number of rotatable bonds is 5. The molecule has 0 aliphatic carbocycles. The molecule has 0 heterocycles. The van der Waals surface area contributed by atoms with E-state index in [1.165, 1.54) is 44.8 Å². The summed E-state index contributed by atoms with van der Waals surface area (Å²) >= 11 is 0. The number of aryl methyl sites for hydroxylation is 6. The van der Waals surface area contributed by atoms with E-state index in [0.717, 1.165) is 0 Å². The van der Waals surface area contributed by atoms with E-state index in [1.807, 2.05) is 6.20 Å². The summed E-state index contributed by atoms with van der Waals surface area (Å²) in [5.74, 6) is 0. The predicted molar refractivity (Wildman–Crippen MR) is 114 cm³/mol. The molecule has 2 rings (SSSR count). The number of hydrogen-bond donors (Lipinski definition) is 0. The Bertz CT molecular complexity index is 775. The molecule has 0 aliphatic rings. The van der Waals surface area contributed by atoms with E-state index in [1.54, 1.807) is 0 Å². The van der Waals surface area contributed by atoms with Crippen LogP contribution >= 0.6 is 0 Å². The molecule has 0 radical (unpaired) electrons. The Morgan fingerprint density at radius 1 is 0.720 bits per heavy atom. The van der Waals surface area contributed by atoms with Crippen LogP contribution in [0.2, 0.25) is 0 Å². The molecule has 0 bridgehead atoms. The predicted octanol–water partition coefficient (Wildman–Crippen LogP) is 6.34. The summed E-state index contributed by atoms with van der Waals surface area (Å²) in [6, 6.07) is 8.88. The van der Waals surface area contributed by atoms with Gasteiger partial charge in [0.25, 0.3) is 0 Å². The Morgan fingerprint density at radius 3 is 1.52 bits per heavy atom. The SMILES string of the molecule is C=CN(/C=C\N(C)c1c(C)cc(C)cc1C)c1c(C)cc(C)cc1C.[HH]. The molecule has 0 saturated carbocycles. The molecule has 0 amide bonds. The first kappa shape index (κ1) is 18.9. The zero-order valence-corrected chi connectivity index (χ0v) is 16.6. The number of benzene rings is 2. The lowest BCUT2D eigenvalue weighted by Gasteiger charge is -2.24. The maximum Gasteiger partial charge on any atom is 0.0508 e. The van der Waals surface area contributed by atoms with Crippen LogP contribution < -0.4 is 9.80 Å². The summed E-state index contributed by atoms with van der Waals surface area (Å²) in [5.41, 5.74) is 10.1. The van der Waals surface area contributed by atoms with Gasteiger partial charge in [-0.05, 0) is 63.8 Å². The van der Waals surface area contributed by atoms with Gasteiger partial charge < -0.3 is 9.80 Å². The fraction of sp³-hybridized carbons (Fsp3) is 0.304. The minimum Gasteiger partial charge on any atom is -0.349 e. The monoisotopic (exact) mass is 336 g/mol. The van der Waals surface area contributed by atoms with Crippen LogP contribution in [0, 0.1) is 41.5 Å². The van der Waals surface area contributed by atoms with E-state index >= 15 is 0 Å². The van der Waals surface area contributed by atoms with Crippen molar-refractivity contribution in [1.29, 1.82) is 0 Å². The Morgan fingerprint density at radius 2 is 1.12 bits per heavy atom. The highest BCUT2D eigenvalue weighted by molar-refractivity contribution is 5.65. The summed E-state index contributed by atoms with van der Waals surface area (Å²) in [7, 11) is 2.09. The molecule has 0 unspecified atom stereocenters. The molecule has 25 heavy (non-hydrogen) atoms. The minimum atomic E-state index is 0. The Balaban J connectivity index is 0.00000338. The van der Waals surface area contributed by atoms with Crippen LogP contribution in [-0.4, -0.2) is 7.05 Å². The van der Waals surface area contributed by atoms with Gasteiger partial charge in [-0.1, -0.05) is 42.0 Å². The third-order valence-corrected chi connectivity index (χ3v) is 4.53. The molecule has 0 N–H and O–H groups in total. The standard InChI is InChI=1S/C23H30N2.H2/c1-9-25(23-20(6)14-17(3)15-21(23)7)11-10-24(8)22-18(4)12-16(2)13-19(22)5;/h9-15H,1H2,2-8H3;1H/b11-10-;. The third-order valence-electron chi connectivity index (χ3n) is 4.53. The normalized spacial score (nSPS) is 11.0. The van der Waals surface area contributed by atoms with Gasteiger partial charge in [-0.2, -0.15) is 0 Å². The average Bonchev–Trinajstić information content (AvgIpc) is 2.48. The lowest BCUT2D eigenvalue weighted by Crippen LogP contribution is -2.16. The molecule has 2 nitrogen and oxygen atoms in total. The van der Waals surface area contributed by atoms with E-state index in [2.05, 4.69) is 102 Å². The van der Waals surface area contributed by atoms with Gasteiger partial charge in [-0.25, -0.2) is 0 Å². The molecule has 0 fully saturated rings. The van der Waals surface area contributed by atoms with E-state index in [9.17, 15) is 0 Å². The van der Waals surface area contributed by atoms with Gasteiger partial charge in [-0.15, -0.1) is 0 Å². The summed E-state index contributed by atoms with van der Waals surface area (Å²) < 4.78 is 0. The van der Waals surface area contributed by atoms with Gasteiger partial charge in [0.15, 0.2) is 0 Å². The second-order valence-corrected chi connectivity index (χ2v) is 6.99. The quantitative estimate of drug-likeness (QED) is 0.628. The van der Waals surface area contributed by atoms with Crippen LogP contribution in [0.25, 0.3) is 0 Å². The first-order valence-corrected chi connectivity index (χ1v) is 8.72. The molecular formula is C23H32N2. The van der Waals surface area contributed by atoms with Crippen LogP contribution in [0.3, 0.4) is 0 Å². The van der Waals surface area contributed by atoms with Gasteiger partial charge in [-0.3, -0.25) is 0 Å². The molecule has 0 spiro atoms. The van der Waals surface area contributed by atoms with Crippen molar-refractivity contribution in [2.45, 2.75) is 41.5 Å². The van der Waals surface area contributed by atoms with Crippen molar-refractivity contribution in [3.8, 4) is 0 Å². The lowest BCUT2D eigenvalue weighted by molar-refractivity contribution is 1.12. The number of nitrogens with zero attached hydrogens (tertiary/aromatic N) is 2. The summed E-state index contributed by atoms with van der Waals surface area (Å²) in [6.45, 7) is 16.9. The molecule has 2 aromatic rings. The molecular weight excluding hydrogens is 304 g/mol. The van der Waals surface area contributed by atoms with Crippen LogP contribution in [0.15, 0.2) is 49.4 Å². The summed E-state index contributed by atoms with van der Waals surface area (Å²) in [6.07, 6.45) is 6.05. The van der Waals surface area contributed by atoms with Gasteiger partial charge in [0.05, 0.1) is 5.69 Å². The largest absolute Gasteiger partial charge is 0.349 e. The topological polar surface area (TPSA) is 6.48 Å². The molecule has 0 saturated heterocycles. The molecule has 2 aromatic carbocycles. The summed E-state index contributed by atoms with van der Waals surface area (Å²) in [4.78, 5) is 4.28. The van der Waals surface area contributed by atoms with Gasteiger partial charge in [0.2, 0.25) is 0 Å². The Kier molecular flexibility index (Phi) is 5.73. The zero-order valence-electron chi connectivity index (χ0n) is 16.6. The average molecular weight is 337 g/mol. The van der Waals surface area contributed by atoms with E-state index in [-0.39, 0.29) is 1.43 Å². The van der Waals surface area contributed by atoms with Crippen LogP contribution in [0.5, 0.6) is 0 Å². The van der Waals surface area contributed by atoms with Crippen molar-refractivity contribution in [3.05, 3.63) is 82.8 Å². The lowest BCUT2D eigenvalue weighted by atomic mass is 10.0. The van der Waals surface area contributed by atoms with E-state index in [0.29, 0.717) is 0 Å². The van der Waals surface area contributed by atoms with Crippen molar-refractivity contribution < 1.29 is 1.43 Å². The fourth-order valence-electron chi connectivity index (χ4n) is 3.78. The van der Waals surface area contributed by atoms with Crippen molar-refractivity contribution in [2.24, 2.45) is 0 Å². The summed E-state index contributed by atoms with van der Waals surface area (Å²) in [5, 5.41) is 0. The van der Waals surface area contributed by atoms with E-state index < -0.39 is 0 Å². The highest BCUT2D eigenvalue weighted by Gasteiger charge is 2.10. The maximum absolute atomic E-state index is 4.00. The zero-order chi connectivity index (χ0) is 18.7. The minimum absolute atomic E-state index is 0. The Hall–Kier alpha value is -2.48. The van der Waals surface area contributed by atoms with Crippen molar-refractivity contribution in [3.63, 3.8) is 0 Å². The maximum atomic E-state index is 4.00. The first-order valence-electron chi connectivity index (χ1n) is 8.72. The second-order valence-electron chi connectivity index (χ2n) is 6.99. The molecule has 134 valence electrons. The first-order chi connectivity index (χ1) is 11.7. The van der Waals surface area contributed by atoms with Gasteiger partial charge in [0.1, 0.15) is 0 Å². The van der Waals surface area contributed by atoms with Gasteiger partial charge in [0, 0.05) is 32.8 Å². The molecule has 2 heteroatoms. The Labute approximate surface area is 154 Å². The van der Waals surface area contributed by atoms with Crippen LogP contribution in [0.4, 0.5) is 11.4 Å². The van der Waals surface area contributed by atoms with Crippen LogP contribution in [0.1, 0.15) is 34.8 Å². The molecule has 0 atom stereocenters. The van der Waals surface area contributed by atoms with Crippen molar-refractivity contribution in [1.82, 2.24) is 0 Å². The molecule has 0 aliphatic heterocycles. The highest BCUT2D eigenvalue weighted by Crippen LogP contribution is 2.28. The third kappa shape index (κ3) is 4.14. The second kappa shape index (κ2) is 7.60. The van der Waals surface area contributed by atoms with Crippen molar-refractivity contribution >= 4 is 11.4 Å². The van der Waals surface area contributed by atoms with E-state index in [4.69, 9.17) is 0 Å². The fourth-order valence-corrected chi connectivity index (χ4v) is 3.78. The number of hydrogen-bond acceptors (Lipinski definition) is 2.